The van der Waals surface area contributed by atoms with Gasteiger partial charge in [-0.15, -0.1) is 12.3 Å². The summed E-state index contributed by atoms with van der Waals surface area (Å²) in [6, 6.07) is 2.21. The lowest BCUT2D eigenvalue weighted by Crippen LogP contribution is -2.28. The molecule has 2 rings (SSSR count). The maximum atomic E-state index is 12.0. The smallest absolute Gasteiger partial charge is 0.165 e. The monoisotopic (exact) mass is 229 g/mol. The number of ketones is 1. The average Bonchev–Trinajstić information content (AvgIpc) is 2.59. The molecular formula is C15H19NO. The number of Topliss-reactive ketones (excluding diaryl/α,β-unsaturated/α-hetero) is 1. The van der Waals surface area contributed by atoms with E-state index >= 15 is 0 Å². The molecule has 0 radical (unpaired) electrons. The summed E-state index contributed by atoms with van der Waals surface area (Å²) in [4.78, 5) is 12.0. The Morgan fingerprint density at radius 2 is 2.24 bits per heavy atom. The van der Waals surface area contributed by atoms with E-state index in [0.717, 1.165) is 17.7 Å². The van der Waals surface area contributed by atoms with Gasteiger partial charge in [-0.1, -0.05) is 13.8 Å². The molecule has 0 spiro atoms. The summed E-state index contributed by atoms with van der Waals surface area (Å²) in [5.41, 5.74) is 2.12. The Morgan fingerprint density at radius 3 is 2.88 bits per heavy atom. The molecule has 0 saturated heterocycles. The zero-order chi connectivity index (χ0) is 12.6. The van der Waals surface area contributed by atoms with Crippen molar-refractivity contribution >= 4 is 5.78 Å². The second-order valence-electron chi connectivity index (χ2n) is 5.78. The predicted octanol–water partition coefficient (Wildman–Crippen LogP) is 3.23. The van der Waals surface area contributed by atoms with E-state index < -0.39 is 0 Å². The fourth-order valence-corrected chi connectivity index (χ4v) is 2.65. The Hall–Kier alpha value is -1.49. The number of fused-ring (bicyclic) bond motifs is 1. The van der Waals surface area contributed by atoms with Gasteiger partial charge in [0.2, 0.25) is 0 Å². The van der Waals surface area contributed by atoms with Gasteiger partial charge in [-0.3, -0.25) is 4.79 Å². The summed E-state index contributed by atoms with van der Waals surface area (Å²) < 4.78 is 2.17. The standard InChI is InChI=1S/C15H19NO/c1-5-6-11(2)16-8-7-12-13(16)9-15(3,4)10-14(12)17/h1,7-8,11H,6,9-10H2,2-4H3. The topological polar surface area (TPSA) is 22.0 Å². The van der Waals surface area contributed by atoms with Gasteiger partial charge < -0.3 is 4.57 Å². The van der Waals surface area contributed by atoms with Crippen LogP contribution in [0, 0.1) is 17.8 Å². The number of aromatic nitrogens is 1. The molecule has 0 saturated carbocycles. The summed E-state index contributed by atoms with van der Waals surface area (Å²) in [7, 11) is 0. The fraction of sp³-hybridized carbons (Fsp3) is 0.533. The van der Waals surface area contributed by atoms with Crippen LogP contribution in [-0.4, -0.2) is 10.4 Å². The van der Waals surface area contributed by atoms with Gasteiger partial charge in [0, 0.05) is 36.3 Å². The number of carbonyl (C=O) groups is 1. The molecule has 1 atom stereocenters. The van der Waals surface area contributed by atoms with Crippen LogP contribution in [0.15, 0.2) is 12.3 Å². The Kier molecular flexibility index (Phi) is 2.87. The van der Waals surface area contributed by atoms with Gasteiger partial charge in [0.05, 0.1) is 0 Å². The van der Waals surface area contributed by atoms with E-state index in [-0.39, 0.29) is 17.2 Å². The number of hydrogen-bond donors (Lipinski definition) is 0. The third-order valence-corrected chi connectivity index (χ3v) is 3.50. The Morgan fingerprint density at radius 1 is 1.53 bits per heavy atom. The van der Waals surface area contributed by atoms with Gasteiger partial charge in [-0.25, -0.2) is 0 Å². The van der Waals surface area contributed by atoms with Crippen LogP contribution < -0.4 is 0 Å². The van der Waals surface area contributed by atoms with Crippen molar-refractivity contribution in [3.05, 3.63) is 23.5 Å². The summed E-state index contributed by atoms with van der Waals surface area (Å²) >= 11 is 0. The molecule has 1 heterocycles. The minimum atomic E-state index is 0.0655. The first-order chi connectivity index (χ1) is 7.94. The zero-order valence-electron chi connectivity index (χ0n) is 10.8. The van der Waals surface area contributed by atoms with E-state index in [1.165, 1.54) is 0 Å². The van der Waals surface area contributed by atoms with Gasteiger partial charge in [-0.05, 0) is 24.8 Å². The molecule has 0 amide bonds. The maximum Gasteiger partial charge on any atom is 0.165 e. The Bertz CT molecular complexity index is 488. The second-order valence-corrected chi connectivity index (χ2v) is 5.78. The van der Waals surface area contributed by atoms with E-state index in [9.17, 15) is 4.79 Å². The number of hydrogen-bond acceptors (Lipinski definition) is 1. The highest BCUT2D eigenvalue weighted by Crippen LogP contribution is 2.36. The third-order valence-electron chi connectivity index (χ3n) is 3.50. The number of carbonyl (C=O) groups excluding carboxylic acids is 1. The second kappa shape index (κ2) is 4.07. The molecular weight excluding hydrogens is 210 g/mol. The predicted molar refractivity (Wildman–Crippen MR) is 69.0 cm³/mol. The van der Waals surface area contributed by atoms with E-state index in [4.69, 9.17) is 6.42 Å². The van der Waals surface area contributed by atoms with Crippen molar-refractivity contribution in [2.45, 2.75) is 46.1 Å². The van der Waals surface area contributed by atoms with Gasteiger partial charge in [0.25, 0.3) is 0 Å². The summed E-state index contributed by atoms with van der Waals surface area (Å²) in [5.74, 6) is 2.96. The van der Waals surface area contributed by atoms with Crippen LogP contribution in [0.4, 0.5) is 0 Å². The summed E-state index contributed by atoms with van der Waals surface area (Å²) in [5, 5.41) is 0. The van der Waals surface area contributed by atoms with Crippen LogP contribution in [0.5, 0.6) is 0 Å². The van der Waals surface area contributed by atoms with Crippen LogP contribution in [0.2, 0.25) is 0 Å². The quantitative estimate of drug-likeness (QED) is 0.714. The van der Waals surface area contributed by atoms with Crippen LogP contribution in [-0.2, 0) is 6.42 Å². The highest BCUT2D eigenvalue weighted by atomic mass is 16.1. The van der Waals surface area contributed by atoms with Crippen molar-refractivity contribution in [3.8, 4) is 12.3 Å². The number of nitrogens with zero attached hydrogens (tertiary/aromatic N) is 1. The van der Waals surface area contributed by atoms with Crippen molar-refractivity contribution in [1.82, 2.24) is 4.57 Å². The van der Waals surface area contributed by atoms with Gasteiger partial charge >= 0.3 is 0 Å². The first-order valence-electron chi connectivity index (χ1n) is 6.11. The van der Waals surface area contributed by atoms with Crippen molar-refractivity contribution in [3.63, 3.8) is 0 Å². The molecule has 0 fully saturated rings. The molecule has 2 nitrogen and oxygen atoms in total. The van der Waals surface area contributed by atoms with Crippen molar-refractivity contribution in [2.75, 3.05) is 0 Å². The lowest BCUT2D eigenvalue weighted by molar-refractivity contribution is 0.0909. The molecule has 0 aromatic carbocycles. The fourth-order valence-electron chi connectivity index (χ4n) is 2.65. The first kappa shape index (κ1) is 12.0. The molecule has 1 aliphatic carbocycles. The van der Waals surface area contributed by atoms with Crippen molar-refractivity contribution in [1.29, 1.82) is 0 Å². The van der Waals surface area contributed by atoms with E-state index in [2.05, 4.69) is 31.3 Å². The van der Waals surface area contributed by atoms with Crippen LogP contribution in [0.3, 0.4) is 0 Å². The molecule has 90 valence electrons. The Balaban J connectivity index is 2.41. The van der Waals surface area contributed by atoms with Crippen LogP contribution in [0.1, 0.15) is 55.7 Å². The SMILES string of the molecule is C#CCC(C)n1ccc2c1CC(C)(C)CC2=O. The maximum absolute atomic E-state index is 12.0. The highest BCUT2D eigenvalue weighted by Gasteiger charge is 2.33. The van der Waals surface area contributed by atoms with Crippen LogP contribution >= 0.6 is 0 Å². The molecule has 1 aromatic heterocycles. The number of rotatable bonds is 2. The molecule has 1 aliphatic rings. The Labute approximate surface area is 103 Å². The third kappa shape index (κ3) is 2.15. The van der Waals surface area contributed by atoms with E-state index in [1.54, 1.807) is 0 Å². The lowest BCUT2D eigenvalue weighted by Gasteiger charge is -2.30. The normalized spacial score (nSPS) is 19.5. The number of terminal acetylenes is 1. The van der Waals surface area contributed by atoms with E-state index in [0.29, 0.717) is 12.8 Å². The zero-order valence-corrected chi connectivity index (χ0v) is 10.8. The average molecular weight is 229 g/mol. The molecule has 0 N–H and O–H groups in total. The molecule has 0 aliphatic heterocycles. The van der Waals surface area contributed by atoms with Crippen LogP contribution in [0.25, 0.3) is 0 Å². The first-order valence-corrected chi connectivity index (χ1v) is 6.11. The van der Waals surface area contributed by atoms with Gasteiger partial charge in [0.1, 0.15) is 0 Å². The molecule has 2 heteroatoms. The summed E-state index contributed by atoms with van der Waals surface area (Å²) in [6.45, 7) is 6.40. The highest BCUT2D eigenvalue weighted by molar-refractivity contribution is 5.98. The molecule has 1 aromatic rings. The minimum Gasteiger partial charge on any atom is -0.347 e. The lowest BCUT2D eigenvalue weighted by atomic mass is 9.76. The van der Waals surface area contributed by atoms with Gasteiger partial charge in [-0.2, -0.15) is 0 Å². The minimum absolute atomic E-state index is 0.0655. The van der Waals surface area contributed by atoms with Gasteiger partial charge in [0.15, 0.2) is 5.78 Å². The largest absolute Gasteiger partial charge is 0.347 e. The van der Waals surface area contributed by atoms with E-state index in [1.807, 2.05) is 12.3 Å². The molecule has 1 unspecified atom stereocenters. The summed E-state index contributed by atoms with van der Waals surface area (Å²) in [6.07, 6.45) is 9.67. The molecule has 17 heavy (non-hydrogen) atoms. The molecule has 0 bridgehead atoms. The van der Waals surface area contributed by atoms with Crippen molar-refractivity contribution < 1.29 is 4.79 Å². The van der Waals surface area contributed by atoms with Crippen molar-refractivity contribution in [2.24, 2.45) is 5.41 Å².